The van der Waals surface area contributed by atoms with Gasteiger partial charge >= 0.3 is 0 Å². The number of carbonyl (C=O) groups excluding carboxylic acids is 1. The Balaban J connectivity index is 1.65. The topological polar surface area (TPSA) is 59.6 Å². The first-order valence-electron chi connectivity index (χ1n) is 6.54. The molecule has 1 aliphatic heterocycles. The van der Waals surface area contributed by atoms with Crippen LogP contribution in [0.25, 0.3) is 0 Å². The van der Waals surface area contributed by atoms with Crippen LogP contribution >= 0.6 is 0 Å². The van der Waals surface area contributed by atoms with Gasteiger partial charge in [0.15, 0.2) is 0 Å². The zero-order chi connectivity index (χ0) is 13.5. The number of hydrogen-bond acceptors (Lipinski definition) is 4. The van der Waals surface area contributed by atoms with Crippen molar-refractivity contribution < 1.29 is 14.3 Å². The first kappa shape index (κ1) is 13.8. The van der Waals surface area contributed by atoms with Crippen molar-refractivity contribution in [2.75, 3.05) is 32.9 Å². The first-order valence-corrected chi connectivity index (χ1v) is 6.54. The Kier molecular flexibility index (Phi) is 5.18. The van der Waals surface area contributed by atoms with Gasteiger partial charge in [0.25, 0.3) is 0 Å². The number of hydrogen-bond donors (Lipinski definition) is 2. The monoisotopic (exact) mass is 264 g/mol. The largest absolute Gasteiger partial charge is 0.492 e. The third-order valence-corrected chi connectivity index (χ3v) is 2.90. The van der Waals surface area contributed by atoms with Gasteiger partial charge in [-0.2, -0.15) is 0 Å². The van der Waals surface area contributed by atoms with E-state index in [0.717, 1.165) is 17.9 Å². The smallest absolute Gasteiger partial charge is 0.239 e. The molecular weight excluding hydrogens is 244 g/mol. The SMILES string of the molecule is Cc1cccc(OCCNC(=O)C2COCCN2)c1. The Morgan fingerprint density at radius 2 is 2.47 bits per heavy atom. The molecule has 0 spiro atoms. The molecule has 0 aliphatic carbocycles. The van der Waals surface area contributed by atoms with Crippen LogP contribution in [0.1, 0.15) is 5.56 Å². The van der Waals surface area contributed by atoms with Crippen molar-refractivity contribution in [3.05, 3.63) is 29.8 Å². The van der Waals surface area contributed by atoms with Crippen LogP contribution < -0.4 is 15.4 Å². The number of carbonyl (C=O) groups is 1. The third-order valence-electron chi connectivity index (χ3n) is 2.90. The molecule has 1 aliphatic rings. The Morgan fingerprint density at radius 1 is 1.58 bits per heavy atom. The van der Waals surface area contributed by atoms with E-state index in [4.69, 9.17) is 9.47 Å². The molecule has 2 N–H and O–H groups in total. The molecule has 5 heteroatoms. The summed E-state index contributed by atoms with van der Waals surface area (Å²) in [5.41, 5.74) is 1.16. The van der Waals surface area contributed by atoms with Crippen LogP contribution in [0.15, 0.2) is 24.3 Å². The van der Waals surface area contributed by atoms with Crippen LogP contribution in [-0.4, -0.2) is 44.9 Å². The number of amides is 1. The fourth-order valence-corrected chi connectivity index (χ4v) is 1.91. The van der Waals surface area contributed by atoms with Gasteiger partial charge in [0.05, 0.1) is 19.8 Å². The molecule has 1 unspecified atom stereocenters. The minimum absolute atomic E-state index is 0.0347. The molecule has 2 rings (SSSR count). The summed E-state index contributed by atoms with van der Waals surface area (Å²) >= 11 is 0. The fourth-order valence-electron chi connectivity index (χ4n) is 1.91. The van der Waals surface area contributed by atoms with Crippen molar-refractivity contribution in [1.82, 2.24) is 10.6 Å². The van der Waals surface area contributed by atoms with Gasteiger partial charge < -0.3 is 20.1 Å². The molecule has 1 atom stereocenters. The molecule has 104 valence electrons. The standard InChI is InChI=1S/C14H20N2O3/c1-11-3-2-4-12(9-11)19-8-6-16-14(17)13-10-18-7-5-15-13/h2-4,9,13,15H,5-8,10H2,1H3,(H,16,17). The molecule has 1 aromatic carbocycles. The molecule has 1 saturated heterocycles. The van der Waals surface area contributed by atoms with Crippen molar-refractivity contribution in [2.24, 2.45) is 0 Å². The van der Waals surface area contributed by atoms with E-state index in [-0.39, 0.29) is 11.9 Å². The second-order valence-corrected chi connectivity index (χ2v) is 4.54. The second kappa shape index (κ2) is 7.11. The van der Waals surface area contributed by atoms with Gasteiger partial charge in [-0.15, -0.1) is 0 Å². The number of rotatable bonds is 5. The molecule has 1 aromatic rings. The van der Waals surface area contributed by atoms with Crippen LogP contribution in [0, 0.1) is 6.92 Å². The molecular formula is C14H20N2O3. The number of morpholine rings is 1. The maximum atomic E-state index is 11.8. The lowest BCUT2D eigenvalue weighted by Crippen LogP contribution is -2.51. The Hall–Kier alpha value is -1.59. The summed E-state index contributed by atoms with van der Waals surface area (Å²) in [6.07, 6.45) is 0. The minimum atomic E-state index is -0.243. The van der Waals surface area contributed by atoms with Gasteiger partial charge in [-0.05, 0) is 24.6 Å². The van der Waals surface area contributed by atoms with Gasteiger partial charge in [0.1, 0.15) is 18.4 Å². The van der Waals surface area contributed by atoms with Crippen LogP contribution in [0.5, 0.6) is 5.75 Å². The zero-order valence-corrected chi connectivity index (χ0v) is 11.1. The molecule has 0 aromatic heterocycles. The van der Waals surface area contributed by atoms with E-state index in [0.29, 0.717) is 26.4 Å². The summed E-state index contributed by atoms with van der Waals surface area (Å²) in [6, 6.07) is 7.60. The highest BCUT2D eigenvalue weighted by Crippen LogP contribution is 2.11. The van der Waals surface area contributed by atoms with Crippen molar-refractivity contribution in [1.29, 1.82) is 0 Å². The zero-order valence-electron chi connectivity index (χ0n) is 11.1. The molecule has 1 amide bonds. The van der Waals surface area contributed by atoms with Gasteiger partial charge in [-0.1, -0.05) is 12.1 Å². The average molecular weight is 264 g/mol. The van der Waals surface area contributed by atoms with Crippen LogP contribution in [0.4, 0.5) is 0 Å². The lowest BCUT2D eigenvalue weighted by Gasteiger charge is -2.22. The first-order chi connectivity index (χ1) is 9.25. The Bertz CT molecular complexity index is 417. The Labute approximate surface area is 113 Å². The van der Waals surface area contributed by atoms with Crippen LogP contribution in [0.3, 0.4) is 0 Å². The lowest BCUT2D eigenvalue weighted by atomic mass is 10.2. The number of benzene rings is 1. The summed E-state index contributed by atoms with van der Waals surface area (Å²) in [4.78, 5) is 11.8. The van der Waals surface area contributed by atoms with Crippen molar-refractivity contribution in [2.45, 2.75) is 13.0 Å². The molecule has 0 bridgehead atoms. The van der Waals surface area contributed by atoms with Crippen molar-refractivity contribution in [3.8, 4) is 5.75 Å². The molecule has 1 heterocycles. The molecule has 5 nitrogen and oxygen atoms in total. The fraction of sp³-hybridized carbons (Fsp3) is 0.500. The lowest BCUT2D eigenvalue weighted by molar-refractivity contribution is -0.126. The number of ether oxygens (including phenoxy) is 2. The highest BCUT2D eigenvalue weighted by Gasteiger charge is 2.20. The van der Waals surface area contributed by atoms with Crippen molar-refractivity contribution >= 4 is 5.91 Å². The average Bonchev–Trinajstić information content (AvgIpc) is 2.44. The predicted molar refractivity (Wildman–Crippen MR) is 72.3 cm³/mol. The highest BCUT2D eigenvalue weighted by molar-refractivity contribution is 5.81. The maximum Gasteiger partial charge on any atom is 0.239 e. The second-order valence-electron chi connectivity index (χ2n) is 4.54. The molecule has 1 fully saturated rings. The van der Waals surface area contributed by atoms with Gasteiger partial charge in [0.2, 0.25) is 5.91 Å². The van der Waals surface area contributed by atoms with E-state index < -0.39 is 0 Å². The maximum absolute atomic E-state index is 11.8. The molecule has 19 heavy (non-hydrogen) atoms. The minimum Gasteiger partial charge on any atom is -0.492 e. The Morgan fingerprint density at radius 3 is 3.21 bits per heavy atom. The van der Waals surface area contributed by atoms with Crippen LogP contribution in [-0.2, 0) is 9.53 Å². The summed E-state index contributed by atoms with van der Waals surface area (Å²) < 4.78 is 10.8. The van der Waals surface area contributed by atoms with E-state index in [1.165, 1.54) is 0 Å². The van der Waals surface area contributed by atoms with Gasteiger partial charge in [-0.25, -0.2) is 0 Å². The molecule has 0 radical (unpaired) electrons. The van der Waals surface area contributed by atoms with Gasteiger partial charge in [-0.3, -0.25) is 4.79 Å². The van der Waals surface area contributed by atoms with Crippen LogP contribution in [0.2, 0.25) is 0 Å². The van der Waals surface area contributed by atoms with E-state index >= 15 is 0 Å². The summed E-state index contributed by atoms with van der Waals surface area (Å²) in [5.74, 6) is 0.793. The highest BCUT2D eigenvalue weighted by atomic mass is 16.5. The van der Waals surface area contributed by atoms with Gasteiger partial charge in [0, 0.05) is 6.54 Å². The summed E-state index contributed by atoms with van der Waals surface area (Å²) in [7, 11) is 0. The molecule has 0 saturated carbocycles. The third kappa shape index (κ3) is 4.54. The van der Waals surface area contributed by atoms with E-state index in [1.807, 2.05) is 31.2 Å². The van der Waals surface area contributed by atoms with Crippen molar-refractivity contribution in [3.63, 3.8) is 0 Å². The predicted octanol–water partition coefficient (Wildman–Crippen LogP) is 0.478. The van der Waals surface area contributed by atoms with E-state index in [9.17, 15) is 4.79 Å². The van der Waals surface area contributed by atoms with E-state index in [2.05, 4.69) is 10.6 Å². The number of aryl methyl sites for hydroxylation is 1. The summed E-state index contributed by atoms with van der Waals surface area (Å²) in [6.45, 7) is 4.79. The summed E-state index contributed by atoms with van der Waals surface area (Å²) in [5, 5.41) is 5.94. The van der Waals surface area contributed by atoms with E-state index in [1.54, 1.807) is 0 Å². The number of nitrogens with one attached hydrogen (secondary N) is 2. The normalized spacial score (nSPS) is 18.9. The quantitative estimate of drug-likeness (QED) is 0.759.